The molecule has 2 aliphatic carbocycles. The largest absolute Gasteiger partial charge is 0.592 e. The highest BCUT2D eigenvalue weighted by Crippen LogP contribution is 2.59. The molecule has 212 valence electrons. The van der Waals surface area contributed by atoms with Gasteiger partial charge in [0.1, 0.15) is 5.82 Å². The molecule has 0 saturated heterocycles. The summed E-state index contributed by atoms with van der Waals surface area (Å²) in [5, 5.41) is 5.10. The molecule has 0 radical (unpaired) electrons. The van der Waals surface area contributed by atoms with Gasteiger partial charge in [-0.1, -0.05) is 30.4 Å². The number of nitrogens with one attached hydrogen (secondary N) is 1. The summed E-state index contributed by atoms with van der Waals surface area (Å²) in [4.78, 5) is 51.5. The molecule has 0 bridgehead atoms. The van der Waals surface area contributed by atoms with Crippen LogP contribution in [0.25, 0.3) is 23.0 Å². The zero-order valence-corrected chi connectivity index (χ0v) is 24.6. The van der Waals surface area contributed by atoms with E-state index in [1.807, 2.05) is 18.2 Å². The molecular weight excluding hydrogens is 584 g/mol. The van der Waals surface area contributed by atoms with Crippen LogP contribution in [0, 0.1) is 4.91 Å². The van der Waals surface area contributed by atoms with Gasteiger partial charge in [-0.3, -0.25) is 9.97 Å². The minimum absolute atomic E-state index is 0.0245. The maximum absolute atomic E-state index is 13.2. The Morgan fingerprint density at radius 3 is 2.78 bits per heavy atom. The average molecular weight is 612 g/mol. The van der Waals surface area contributed by atoms with Crippen molar-refractivity contribution in [2.45, 2.75) is 37.1 Å². The van der Waals surface area contributed by atoms with Crippen LogP contribution in [0.2, 0.25) is 0 Å². The summed E-state index contributed by atoms with van der Waals surface area (Å²) in [6, 6.07) is 7.13. The zero-order valence-electron chi connectivity index (χ0n) is 22.0. The first-order valence-electron chi connectivity index (χ1n) is 12.7. The van der Waals surface area contributed by atoms with Gasteiger partial charge in [0.2, 0.25) is 0 Å². The Morgan fingerprint density at radius 2 is 2.07 bits per heavy atom. The number of rotatable bonds is 10. The molecule has 2 unspecified atom stereocenters. The number of nitroso groups, excluding NO2 is 1. The number of nitrogens with zero attached hydrogens (tertiary/aromatic N) is 6. The van der Waals surface area contributed by atoms with E-state index < -0.39 is 27.3 Å². The topological polar surface area (TPSA) is 177 Å². The monoisotopic (exact) mass is 611 g/mol. The van der Waals surface area contributed by atoms with Crippen LogP contribution in [0.4, 0.5) is 5.82 Å². The van der Waals surface area contributed by atoms with Crippen LogP contribution in [0.3, 0.4) is 0 Å². The van der Waals surface area contributed by atoms with Gasteiger partial charge >= 0.3 is 7.75 Å². The fraction of sp³-hybridized carbons (Fsp3) is 0.231. The Morgan fingerprint density at radius 1 is 1.22 bits per heavy atom. The molecule has 2 atom stereocenters. The van der Waals surface area contributed by atoms with Gasteiger partial charge in [0.15, 0.2) is 18.9 Å². The third-order valence-electron chi connectivity index (χ3n) is 6.45. The SMILES string of the molecule is CP(N=O)N([S+]([O-])c1cncc(-c2nc(NCc3ccccn3)c3c(n2)=CCCC=3C2=CC=CCC2)c1)P(=O)(O)O. The number of anilines is 1. The van der Waals surface area contributed by atoms with E-state index in [4.69, 9.17) is 9.97 Å². The van der Waals surface area contributed by atoms with Crippen LogP contribution in [-0.2, 0) is 22.5 Å². The van der Waals surface area contributed by atoms with Crippen LogP contribution >= 0.6 is 16.0 Å². The van der Waals surface area contributed by atoms with E-state index in [1.165, 1.54) is 36.3 Å². The molecule has 0 aliphatic heterocycles. The van der Waals surface area contributed by atoms with Crippen molar-refractivity contribution in [1.82, 2.24) is 23.8 Å². The van der Waals surface area contributed by atoms with Gasteiger partial charge in [-0.2, -0.15) is 0 Å². The fourth-order valence-electron chi connectivity index (χ4n) is 4.65. The molecule has 0 fully saturated rings. The Kier molecular flexibility index (Phi) is 9.16. The van der Waals surface area contributed by atoms with E-state index in [0.29, 0.717) is 27.6 Å². The quantitative estimate of drug-likeness (QED) is 0.173. The van der Waals surface area contributed by atoms with Crippen LogP contribution in [0.1, 0.15) is 31.4 Å². The second-order valence-electron chi connectivity index (χ2n) is 9.21. The van der Waals surface area contributed by atoms with Crippen molar-refractivity contribution >= 4 is 44.8 Å². The summed E-state index contributed by atoms with van der Waals surface area (Å²) in [5.41, 5.74) is 3.66. The zero-order chi connectivity index (χ0) is 29.0. The predicted molar refractivity (Wildman–Crippen MR) is 159 cm³/mol. The summed E-state index contributed by atoms with van der Waals surface area (Å²) in [7, 11) is -7.33. The van der Waals surface area contributed by atoms with Crippen molar-refractivity contribution in [3.8, 4) is 11.4 Å². The first kappa shape index (κ1) is 29.3. The molecular formula is C26H27N7O5P2S. The van der Waals surface area contributed by atoms with Gasteiger partial charge in [0.05, 0.1) is 35.1 Å². The summed E-state index contributed by atoms with van der Waals surface area (Å²) >= 11 is -2.41. The minimum atomic E-state index is -5.06. The normalized spacial score (nSPS) is 16.4. The maximum Gasteiger partial charge on any atom is 0.450 e. The van der Waals surface area contributed by atoms with Crippen molar-refractivity contribution in [2.75, 3.05) is 12.0 Å². The average Bonchev–Trinajstić information content (AvgIpc) is 2.99. The second kappa shape index (κ2) is 12.8. The molecule has 12 nitrogen and oxygen atoms in total. The number of allylic oxidation sites excluding steroid dienone is 4. The van der Waals surface area contributed by atoms with Crippen molar-refractivity contribution < 1.29 is 18.9 Å². The van der Waals surface area contributed by atoms with E-state index in [9.17, 15) is 23.8 Å². The van der Waals surface area contributed by atoms with Crippen molar-refractivity contribution in [3.63, 3.8) is 0 Å². The van der Waals surface area contributed by atoms with Crippen LogP contribution < -0.4 is 15.9 Å². The number of pyridine rings is 2. The predicted octanol–water partition coefficient (Wildman–Crippen LogP) is 3.67. The Balaban J connectivity index is 1.62. The Bertz CT molecular complexity index is 1680. The number of fused-ring (bicyclic) bond motifs is 1. The van der Waals surface area contributed by atoms with E-state index in [1.54, 1.807) is 6.20 Å². The minimum Gasteiger partial charge on any atom is -0.592 e. The molecule has 3 heterocycles. The van der Waals surface area contributed by atoms with Crippen LogP contribution in [0.15, 0.2) is 76.5 Å². The van der Waals surface area contributed by atoms with Gasteiger partial charge in [-0.25, -0.2) is 14.5 Å². The van der Waals surface area contributed by atoms with Crippen molar-refractivity contribution in [3.05, 3.63) is 87.8 Å². The van der Waals surface area contributed by atoms with E-state index in [0.717, 1.165) is 41.9 Å². The van der Waals surface area contributed by atoms with Crippen molar-refractivity contribution in [2.24, 2.45) is 4.95 Å². The third kappa shape index (κ3) is 6.68. The molecule has 5 rings (SSSR count). The van der Waals surface area contributed by atoms with Gasteiger partial charge in [0.25, 0.3) is 0 Å². The second-order valence-corrected chi connectivity index (χ2v) is 14.4. The highest BCUT2D eigenvalue weighted by atomic mass is 32.2. The van der Waals surface area contributed by atoms with Gasteiger partial charge in [0, 0.05) is 33.1 Å². The van der Waals surface area contributed by atoms with Crippen LogP contribution in [0.5, 0.6) is 0 Å². The smallest absolute Gasteiger partial charge is 0.450 e. The standard InChI is InChI=1S/C26H27N7O5P2S/c1-39(32-34)33(40(35,36)37)41(38)21-14-19(15-27-17-21)25-30-23-12-7-11-22(18-8-3-2-4-9-18)24(23)26(31-25)29-16-20-10-5-6-13-28-20/h2-3,5-6,8,10,12-15,17H,4,7,9,11,16H2,1H3,(H,29,30,31)(H2,35,36,37). The molecule has 3 aromatic rings. The van der Waals surface area contributed by atoms with Gasteiger partial charge in [-0.15, -0.1) is 4.91 Å². The summed E-state index contributed by atoms with van der Waals surface area (Å²) in [5.74, 6) is 0.909. The van der Waals surface area contributed by atoms with E-state index in [-0.39, 0.29) is 4.90 Å². The summed E-state index contributed by atoms with van der Waals surface area (Å²) in [6.45, 7) is 1.64. The molecule has 3 N–H and O–H groups in total. The van der Waals surface area contributed by atoms with Gasteiger partial charge in [-0.05, 0) is 60.6 Å². The number of hydrogen-bond donors (Lipinski definition) is 3. The van der Waals surface area contributed by atoms with E-state index >= 15 is 0 Å². The molecule has 0 spiro atoms. The lowest BCUT2D eigenvalue weighted by atomic mass is 9.90. The molecule has 2 aliphatic rings. The molecule has 3 aromatic heterocycles. The lowest BCUT2D eigenvalue weighted by molar-refractivity contribution is 0.348. The summed E-state index contributed by atoms with van der Waals surface area (Å²) in [6.07, 6.45) is 16.4. The molecule has 0 aromatic carbocycles. The third-order valence-corrected chi connectivity index (χ3v) is 12.3. The molecule has 0 amide bonds. The first-order chi connectivity index (χ1) is 19.8. The lowest BCUT2D eigenvalue weighted by Gasteiger charge is -2.24. The molecule has 15 heteroatoms. The van der Waals surface area contributed by atoms with Crippen LogP contribution in [-0.4, -0.2) is 44.8 Å². The highest BCUT2D eigenvalue weighted by molar-refractivity contribution is 8.00. The fourth-order valence-corrected chi connectivity index (χ4v) is 9.01. The molecule has 0 saturated carbocycles. The summed E-state index contributed by atoms with van der Waals surface area (Å²) < 4.78 is 25.5. The highest BCUT2D eigenvalue weighted by Gasteiger charge is 2.44. The number of hydrogen-bond acceptors (Lipinski definition) is 9. The Labute approximate surface area is 240 Å². The first-order valence-corrected chi connectivity index (χ1v) is 17.0. The number of aromatic nitrogens is 4. The van der Waals surface area contributed by atoms with E-state index in [2.05, 4.69) is 44.5 Å². The van der Waals surface area contributed by atoms with Crippen molar-refractivity contribution in [1.29, 1.82) is 0 Å². The van der Waals surface area contributed by atoms with Gasteiger partial charge < -0.3 is 19.7 Å². The lowest BCUT2D eigenvalue weighted by Crippen LogP contribution is -2.37. The maximum atomic E-state index is 13.2. The Hall–Kier alpha value is -3.15. The molecule has 41 heavy (non-hydrogen) atoms.